The highest BCUT2D eigenvalue weighted by molar-refractivity contribution is 6.06. The van der Waals surface area contributed by atoms with Gasteiger partial charge in [-0.1, -0.05) is 0 Å². The molecule has 6 heteroatoms. The van der Waals surface area contributed by atoms with Gasteiger partial charge >= 0.3 is 5.63 Å². The summed E-state index contributed by atoms with van der Waals surface area (Å²) in [5, 5.41) is 0.691. The molecule has 3 aliphatic rings. The third-order valence-corrected chi connectivity index (χ3v) is 4.72. The maximum Gasteiger partial charge on any atom is 0.347 e. The molecular formula is C17H12O6. The zero-order chi connectivity index (χ0) is 15.7. The number of rotatable bonds is 1. The van der Waals surface area contributed by atoms with Crippen molar-refractivity contribution in [2.75, 3.05) is 7.11 Å². The van der Waals surface area contributed by atoms with E-state index in [1.807, 2.05) is 6.08 Å². The van der Waals surface area contributed by atoms with Gasteiger partial charge in [0.05, 0.1) is 30.2 Å². The number of hydrogen-bond acceptors (Lipinski definition) is 6. The topological polar surface area (TPSA) is 75.0 Å². The van der Waals surface area contributed by atoms with Crippen LogP contribution >= 0.6 is 0 Å². The number of ether oxygens (including phenoxy) is 3. The van der Waals surface area contributed by atoms with Crippen LogP contribution in [-0.4, -0.2) is 19.2 Å². The summed E-state index contributed by atoms with van der Waals surface area (Å²) >= 11 is 0. The van der Waals surface area contributed by atoms with Crippen molar-refractivity contribution in [3.8, 4) is 11.5 Å². The molecule has 0 N–H and O–H groups in total. The zero-order valence-electron chi connectivity index (χ0n) is 12.3. The van der Waals surface area contributed by atoms with Crippen LogP contribution in [-0.2, 0) is 11.2 Å². The molecule has 6 nitrogen and oxygen atoms in total. The average molecular weight is 312 g/mol. The van der Waals surface area contributed by atoms with Gasteiger partial charge in [-0.25, -0.2) is 4.79 Å². The van der Waals surface area contributed by atoms with Gasteiger partial charge in [-0.3, -0.25) is 4.79 Å². The van der Waals surface area contributed by atoms with Crippen molar-refractivity contribution < 1.29 is 23.4 Å². The number of aryl methyl sites for hydroxylation is 1. The van der Waals surface area contributed by atoms with Gasteiger partial charge in [0.2, 0.25) is 0 Å². The Labute approximate surface area is 130 Å². The van der Waals surface area contributed by atoms with Gasteiger partial charge in [0, 0.05) is 12.5 Å². The van der Waals surface area contributed by atoms with Crippen LogP contribution in [0.1, 0.15) is 33.8 Å². The number of Topliss-reactive ketones (excluding diaryl/α,β-unsaturated/α-hetero) is 1. The van der Waals surface area contributed by atoms with Gasteiger partial charge in [-0.2, -0.15) is 0 Å². The molecule has 3 heterocycles. The molecule has 0 spiro atoms. The molecule has 0 unspecified atom stereocenters. The quantitative estimate of drug-likeness (QED) is 0.752. The fraction of sp³-hybridized carbons (Fsp3) is 0.294. The lowest BCUT2D eigenvalue weighted by Gasteiger charge is -2.12. The second-order valence-corrected chi connectivity index (χ2v) is 5.84. The Hall–Kier alpha value is -2.76. The molecule has 2 aliphatic heterocycles. The minimum absolute atomic E-state index is 0.128. The largest absolute Gasteiger partial charge is 0.496 e. The molecule has 116 valence electrons. The smallest absolute Gasteiger partial charge is 0.347 e. The van der Waals surface area contributed by atoms with E-state index in [1.165, 1.54) is 0 Å². The summed E-state index contributed by atoms with van der Waals surface area (Å²) in [4.78, 5) is 24.3. The van der Waals surface area contributed by atoms with E-state index in [0.717, 1.165) is 5.56 Å². The van der Waals surface area contributed by atoms with Crippen LogP contribution in [0.5, 0.6) is 11.5 Å². The molecule has 2 atom stereocenters. The van der Waals surface area contributed by atoms with E-state index >= 15 is 0 Å². The molecule has 2 aromatic rings. The van der Waals surface area contributed by atoms with E-state index in [2.05, 4.69) is 0 Å². The summed E-state index contributed by atoms with van der Waals surface area (Å²) in [5.41, 5.74) is 1.49. The molecule has 1 aromatic heterocycles. The number of carbonyl (C=O) groups is 1. The normalized spacial score (nSPS) is 23.4. The van der Waals surface area contributed by atoms with Crippen molar-refractivity contribution in [1.82, 2.24) is 0 Å². The predicted molar refractivity (Wildman–Crippen MR) is 79.1 cm³/mol. The van der Waals surface area contributed by atoms with Crippen LogP contribution in [0.3, 0.4) is 0 Å². The van der Waals surface area contributed by atoms with E-state index < -0.39 is 11.9 Å². The second kappa shape index (κ2) is 4.16. The van der Waals surface area contributed by atoms with E-state index in [1.54, 1.807) is 19.4 Å². The highest BCUT2D eigenvalue weighted by Crippen LogP contribution is 2.50. The number of benzene rings is 1. The molecular weight excluding hydrogens is 300 g/mol. The first-order valence-corrected chi connectivity index (χ1v) is 7.41. The van der Waals surface area contributed by atoms with Crippen molar-refractivity contribution in [3.05, 3.63) is 45.5 Å². The van der Waals surface area contributed by atoms with Gasteiger partial charge in [-0.15, -0.1) is 0 Å². The van der Waals surface area contributed by atoms with Gasteiger partial charge in [0.15, 0.2) is 5.78 Å². The first-order chi connectivity index (χ1) is 11.2. The maximum atomic E-state index is 12.3. The van der Waals surface area contributed by atoms with Crippen molar-refractivity contribution in [2.45, 2.75) is 25.0 Å². The average Bonchev–Trinajstić information content (AvgIpc) is 3.20. The lowest BCUT2D eigenvalue weighted by Crippen LogP contribution is -2.14. The summed E-state index contributed by atoms with van der Waals surface area (Å²) < 4.78 is 22.2. The van der Waals surface area contributed by atoms with Crippen LogP contribution in [0.25, 0.3) is 11.0 Å². The summed E-state index contributed by atoms with van der Waals surface area (Å²) in [7, 11) is 1.54. The van der Waals surface area contributed by atoms with Crippen molar-refractivity contribution >= 4 is 16.8 Å². The Kier molecular flexibility index (Phi) is 2.30. The van der Waals surface area contributed by atoms with E-state index in [0.29, 0.717) is 40.9 Å². The van der Waals surface area contributed by atoms with Gasteiger partial charge in [0.1, 0.15) is 22.6 Å². The Bertz CT molecular complexity index is 967. The van der Waals surface area contributed by atoms with Crippen molar-refractivity contribution in [2.24, 2.45) is 0 Å². The highest BCUT2D eigenvalue weighted by Gasteiger charge is 2.41. The Morgan fingerprint density at radius 2 is 2.13 bits per heavy atom. The van der Waals surface area contributed by atoms with Crippen LogP contribution in [0, 0.1) is 0 Å². The summed E-state index contributed by atoms with van der Waals surface area (Å²) in [5.74, 6) is 0.826. The van der Waals surface area contributed by atoms with E-state index in [9.17, 15) is 9.59 Å². The summed E-state index contributed by atoms with van der Waals surface area (Å²) in [6.45, 7) is 0. The molecule has 0 fully saturated rings. The fourth-order valence-corrected chi connectivity index (χ4v) is 3.72. The number of hydrogen-bond donors (Lipinski definition) is 0. The number of carbonyl (C=O) groups excluding carboxylic acids is 1. The minimum Gasteiger partial charge on any atom is -0.496 e. The summed E-state index contributed by atoms with van der Waals surface area (Å²) in [6.07, 6.45) is 3.86. The minimum atomic E-state index is -0.586. The monoisotopic (exact) mass is 312 g/mol. The molecule has 1 aromatic carbocycles. The van der Waals surface area contributed by atoms with Crippen LogP contribution in [0.2, 0.25) is 0 Å². The Morgan fingerprint density at radius 1 is 1.26 bits per heavy atom. The number of methoxy groups -OCH3 is 1. The molecule has 1 aliphatic carbocycles. The Morgan fingerprint density at radius 3 is 2.96 bits per heavy atom. The third-order valence-electron chi connectivity index (χ3n) is 4.72. The Balaban J connectivity index is 1.94. The van der Waals surface area contributed by atoms with Crippen LogP contribution in [0.15, 0.2) is 27.6 Å². The standard InChI is InChI=1S/C17H12O6/c1-20-10-6-11-14(8-4-5-21-17(8)22-11)15-13(10)7-2-3-9(18)12(7)16(19)23-15/h4-6,8,17H,2-3H2,1H3/t8-,17-/m0/s1. The van der Waals surface area contributed by atoms with Gasteiger partial charge in [-0.05, 0) is 18.1 Å². The highest BCUT2D eigenvalue weighted by atomic mass is 16.7. The lowest BCUT2D eigenvalue weighted by atomic mass is 9.95. The first-order valence-electron chi connectivity index (χ1n) is 7.41. The molecule has 23 heavy (non-hydrogen) atoms. The predicted octanol–water partition coefficient (Wildman–Crippen LogP) is 2.28. The number of ketones is 1. The maximum absolute atomic E-state index is 12.3. The zero-order valence-corrected chi connectivity index (χ0v) is 12.3. The molecule has 0 radical (unpaired) electrons. The van der Waals surface area contributed by atoms with Crippen molar-refractivity contribution in [3.63, 3.8) is 0 Å². The van der Waals surface area contributed by atoms with E-state index in [4.69, 9.17) is 18.6 Å². The van der Waals surface area contributed by atoms with Gasteiger partial charge < -0.3 is 18.6 Å². The molecule has 5 rings (SSSR count). The van der Waals surface area contributed by atoms with Gasteiger partial charge in [0.25, 0.3) is 6.29 Å². The van der Waals surface area contributed by atoms with Crippen LogP contribution in [0.4, 0.5) is 0 Å². The molecule has 0 amide bonds. The number of fused-ring (bicyclic) bond motifs is 7. The third kappa shape index (κ3) is 1.48. The van der Waals surface area contributed by atoms with Crippen molar-refractivity contribution in [1.29, 1.82) is 0 Å². The molecule has 0 saturated heterocycles. The second-order valence-electron chi connectivity index (χ2n) is 5.84. The lowest BCUT2D eigenvalue weighted by molar-refractivity contribution is -0.00485. The fourth-order valence-electron chi connectivity index (χ4n) is 3.72. The SMILES string of the molecule is COc1cc2c(c3oc(=O)c4c(c13)CCC4=O)[C@@H]1C=CO[C@H]1O2. The summed E-state index contributed by atoms with van der Waals surface area (Å²) in [6, 6.07) is 1.77. The molecule has 0 saturated carbocycles. The first kappa shape index (κ1) is 12.8. The van der Waals surface area contributed by atoms with Crippen LogP contribution < -0.4 is 15.1 Å². The molecule has 0 bridgehead atoms. The van der Waals surface area contributed by atoms with E-state index in [-0.39, 0.29) is 17.3 Å².